The third-order valence-corrected chi connectivity index (χ3v) is 2.19. The number of aliphatic imine (C=N–C) groups is 1. The van der Waals surface area contributed by atoms with Gasteiger partial charge in [0.15, 0.2) is 5.96 Å². The lowest BCUT2D eigenvalue weighted by Crippen LogP contribution is -2.37. The topological polar surface area (TPSA) is 197 Å². The fourth-order valence-electron chi connectivity index (χ4n) is 1.13. The first-order valence-electron chi connectivity index (χ1n) is 5.78. The molecule has 114 valence electrons. The average molecular weight is 289 g/mol. The normalized spacial score (nSPS) is 13.1. The van der Waals surface area contributed by atoms with Gasteiger partial charge in [-0.3, -0.25) is 14.6 Å². The third-order valence-electron chi connectivity index (χ3n) is 2.19. The largest absolute Gasteiger partial charge is 0.480 e. The Morgan fingerprint density at radius 1 is 1.15 bits per heavy atom. The quantitative estimate of drug-likeness (QED) is 0.103. The van der Waals surface area contributed by atoms with E-state index in [4.69, 9.17) is 28.0 Å². The van der Waals surface area contributed by atoms with E-state index in [2.05, 4.69) is 9.73 Å². The molecule has 0 aliphatic heterocycles. The molecule has 0 bridgehead atoms. The summed E-state index contributed by atoms with van der Waals surface area (Å²) in [5.41, 5.74) is 20.8. The highest BCUT2D eigenvalue weighted by Crippen LogP contribution is 2.00. The van der Waals surface area contributed by atoms with Gasteiger partial charge in [-0.2, -0.15) is 0 Å². The van der Waals surface area contributed by atoms with Crippen molar-refractivity contribution in [2.75, 3.05) is 6.54 Å². The highest BCUT2D eigenvalue weighted by atomic mass is 16.6. The lowest BCUT2D eigenvalue weighted by Gasteiger charge is -2.10. The Balaban J connectivity index is 4.04. The zero-order valence-electron chi connectivity index (χ0n) is 10.8. The van der Waals surface area contributed by atoms with E-state index in [1.165, 1.54) is 0 Å². The molecule has 2 atom stereocenters. The average Bonchev–Trinajstić information content (AvgIpc) is 2.33. The molecule has 0 saturated heterocycles. The van der Waals surface area contributed by atoms with Gasteiger partial charge < -0.3 is 32.8 Å². The highest BCUT2D eigenvalue weighted by molar-refractivity contribution is 5.90. The van der Waals surface area contributed by atoms with Gasteiger partial charge in [-0.05, 0) is 12.8 Å². The summed E-state index contributed by atoms with van der Waals surface area (Å²) in [5.74, 6) is -3.42. The van der Waals surface area contributed by atoms with E-state index in [1.54, 1.807) is 0 Å². The molecule has 10 nitrogen and oxygen atoms in total. The van der Waals surface area contributed by atoms with Crippen LogP contribution in [0.25, 0.3) is 0 Å². The maximum atomic E-state index is 11.4. The summed E-state index contributed by atoms with van der Waals surface area (Å²) in [6.07, 6.45) is 0.0344. The second kappa shape index (κ2) is 8.82. The summed E-state index contributed by atoms with van der Waals surface area (Å²) in [6.45, 7) is 0.293. The van der Waals surface area contributed by atoms with Crippen molar-refractivity contribution in [3.63, 3.8) is 0 Å². The van der Waals surface area contributed by atoms with Crippen molar-refractivity contribution in [3.8, 4) is 0 Å². The molecule has 0 heterocycles. The van der Waals surface area contributed by atoms with E-state index in [9.17, 15) is 14.4 Å². The third kappa shape index (κ3) is 8.00. The molecular weight excluding hydrogens is 270 g/mol. The number of hydrogen-bond acceptors (Lipinski definition) is 7. The fourth-order valence-corrected chi connectivity index (χ4v) is 1.13. The SMILES string of the molecule is NC(N)=NCCC[C@H](N)C(=O)OC(=O)C[C@H](N)C(=O)O. The van der Waals surface area contributed by atoms with Crippen molar-refractivity contribution in [2.24, 2.45) is 27.9 Å². The Kier molecular flexibility index (Phi) is 7.85. The predicted molar refractivity (Wildman–Crippen MR) is 69.2 cm³/mol. The molecule has 0 rings (SSSR count). The van der Waals surface area contributed by atoms with Crippen LogP contribution in [0.5, 0.6) is 0 Å². The first-order chi connectivity index (χ1) is 9.23. The van der Waals surface area contributed by atoms with Gasteiger partial charge in [0.25, 0.3) is 0 Å². The minimum Gasteiger partial charge on any atom is -0.480 e. The summed E-state index contributed by atoms with van der Waals surface area (Å²) in [6, 6.07) is -2.44. The standard InChI is InChI=1S/C10H19N5O5/c11-5(2-1-3-15-10(13)14)9(19)20-7(16)4-6(12)8(17)18/h5-6H,1-4,11-12H2,(H,17,18)(H4,13,14,15)/t5-,6-/m0/s1. The van der Waals surface area contributed by atoms with Crippen molar-refractivity contribution in [2.45, 2.75) is 31.3 Å². The number of ether oxygens (including phenoxy) is 1. The van der Waals surface area contributed by atoms with E-state index < -0.39 is 36.4 Å². The number of carbonyl (C=O) groups excluding carboxylic acids is 2. The number of aliphatic carboxylic acids is 1. The van der Waals surface area contributed by atoms with Gasteiger partial charge in [-0.15, -0.1) is 0 Å². The monoisotopic (exact) mass is 289 g/mol. The van der Waals surface area contributed by atoms with Gasteiger partial charge in [0.2, 0.25) is 0 Å². The predicted octanol–water partition coefficient (Wildman–Crippen LogP) is -2.76. The van der Waals surface area contributed by atoms with E-state index in [-0.39, 0.29) is 12.4 Å². The minimum atomic E-state index is -1.42. The molecule has 0 aromatic heterocycles. The number of nitrogens with zero attached hydrogens (tertiary/aromatic N) is 1. The zero-order chi connectivity index (χ0) is 15.7. The number of carbonyl (C=O) groups is 3. The van der Waals surface area contributed by atoms with Crippen molar-refractivity contribution in [1.29, 1.82) is 0 Å². The number of carboxylic acid groups (broad SMARTS) is 1. The Bertz CT molecular complexity index is 393. The molecule has 0 amide bonds. The van der Waals surface area contributed by atoms with Crippen LogP contribution in [0.1, 0.15) is 19.3 Å². The first-order valence-corrected chi connectivity index (χ1v) is 5.78. The van der Waals surface area contributed by atoms with E-state index in [0.29, 0.717) is 13.0 Å². The van der Waals surface area contributed by atoms with Crippen LogP contribution in [-0.4, -0.2) is 47.6 Å². The second-order valence-corrected chi connectivity index (χ2v) is 4.00. The smallest absolute Gasteiger partial charge is 0.330 e. The highest BCUT2D eigenvalue weighted by Gasteiger charge is 2.22. The number of hydrogen-bond donors (Lipinski definition) is 5. The summed E-state index contributed by atoms with van der Waals surface area (Å²) in [4.78, 5) is 36.7. The van der Waals surface area contributed by atoms with Crippen LogP contribution < -0.4 is 22.9 Å². The summed E-state index contributed by atoms with van der Waals surface area (Å²) in [5, 5.41) is 8.49. The van der Waals surface area contributed by atoms with Gasteiger partial charge in [-0.25, -0.2) is 4.79 Å². The molecule has 10 heteroatoms. The molecule has 0 aromatic rings. The molecule has 0 radical (unpaired) electrons. The molecule has 0 spiro atoms. The van der Waals surface area contributed by atoms with Crippen molar-refractivity contribution in [1.82, 2.24) is 0 Å². The van der Waals surface area contributed by atoms with Crippen LogP contribution in [-0.2, 0) is 19.1 Å². The van der Waals surface area contributed by atoms with Crippen LogP contribution in [0.2, 0.25) is 0 Å². The number of esters is 2. The fraction of sp³-hybridized carbons (Fsp3) is 0.600. The number of rotatable bonds is 8. The molecule has 0 unspecified atom stereocenters. The Morgan fingerprint density at radius 2 is 1.75 bits per heavy atom. The number of guanidine groups is 1. The molecule has 20 heavy (non-hydrogen) atoms. The molecule has 0 aliphatic carbocycles. The molecular formula is C10H19N5O5. The summed E-state index contributed by atoms with van der Waals surface area (Å²) < 4.78 is 4.38. The van der Waals surface area contributed by atoms with Gasteiger partial charge in [0.1, 0.15) is 12.1 Å². The van der Waals surface area contributed by atoms with E-state index >= 15 is 0 Å². The van der Waals surface area contributed by atoms with E-state index in [1.807, 2.05) is 0 Å². The lowest BCUT2D eigenvalue weighted by atomic mass is 10.1. The van der Waals surface area contributed by atoms with Crippen LogP contribution >= 0.6 is 0 Å². The second-order valence-electron chi connectivity index (χ2n) is 4.00. The Hall–Kier alpha value is -2.20. The first kappa shape index (κ1) is 17.8. The molecule has 0 saturated carbocycles. The van der Waals surface area contributed by atoms with Crippen LogP contribution in [0.4, 0.5) is 0 Å². The molecule has 0 aliphatic rings. The van der Waals surface area contributed by atoms with Gasteiger partial charge >= 0.3 is 17.9 Å². The molecule has 9 N–H and O–H groups in total. The van der Waals surface area contributed by atoms with Gasteiger partial charge in [0, 0.05) is 6.54 Å². The maximum Gasteiger partial charge on any atom is 0.330 e. The number of nitrogens with two attached hydrogens (primary N) is 4. The van der Waals surface area contributed by atoms with Gasteiger partial charge in [-0.1, -0.05) is 0 Å². The number of carboxylic acids is 1. The zero-order valence-corrected chi connectivity index (χ0v) is 10.8. The van der Waals surface area contributed by atoms with Crippen LogP contribution in [0.3, 0.4) is 0 Å². The van der Waals surface area contributed by atoms with Crippen molar-refractivity contribution >= 4 is 23.9 Å². The Morgan fingerprint density at radius 3 is 2.25 bits per heavy atom. The van der Waals surface area contributed by atoms with Crippen LogP contribution in [0.15, 0.2) is 4.99 Å². The van der Waals surface area contributed by atoms with Gasteiger partial charge in [0.05, 0.1) is 6.42 Å². The molecule has 0 aromatic carbocycles. The molecule has 0 fully saturated rings. The van der Waals surface area contributed by atoms with E-state index in [0.717, 1.165) is 0 Å². The van der Waals surface area contributed by atoms with Crippen LogP contribution in [0, 0.1) is 0 Å². The van der Waals surface area contributed by atoms with Crippen molar-refractivity contribution < 1.29 is 24.2 Å². The summed E-state index contributed by atoms with van der Waals surface area (Å²) in [7, 11) is 0. The minimum absolute atomic E-state index is 0.0704. The summed E-state index contributed by atoms with van der Waals surface area (Å²) >= 11 is 0. The maximum absolute atomic E-state index is 11.4. The Labute approximate surface area is 115 Å². The van der Waals surface area contributed by atoms with Crippen molar-refractivity contribution in [3.05, 3.63) is 0 Å². The lowest BCUT2D eigenvalue weighted by molar-refractivity contribution is -0.162.